The van der Waals surface area contributed by atoms with Crippen LogP contribution >= 0.6 is 15.9 Å². The molecule has 0 aromatic heterocycles. The zero-order valence-corrected chi connectivity index (χ0v) is 10.2. The number of carbonyl (C=O) groups is 2. The summed E-state index contributed by atoms with van der Waals surface area (Å²) in [6.07, 6.45) is 0. The molecular weight excluding hydrogens is 297 g/mol. The zero-order chi connectivity index (χ0) is 12.8. The van der Waals surface area contributed by atoms with E-state index in [4.69, 9.17) is 5.11 Å². The van der Waals surface area contributed by atoms with Gasteiger partial charge in [-0.05, 0) is 34.1 Å². The Bertz CT molecular complexity index is 438. The van der Waals surface area contributed by atoms with Crippen LogP contribution in [-0.2, 0) is 14.3 Å². The minimum atomic E-state index is -1.16. The Balaban J connectivity index is 2.50. The summed E-state index contributed by atoms with van der Waals surface area (Å²) in [6, 6.07) is 3.82. The Kier molecular flexibility index (Phi) is 5.05. The first-order valence-electron chi connectivity index (χ1n) is 4.53. The van der Waals surface area contributed by atoms with Gasteiger partial charge < -0.3 is 15.2 Å². The number of benzene rings is 1. The van der Waals surface area contributed by atoms with Gasteiger partial charge in [-0.2, -0.15) is 0 Å². The topological polar surface area (TPSA) is 75.6 Å². The van der Waals surface area contributed by atoms with Crippen LogP contribution in [0.4, 0.5) is 10.1 Å². The van der Waals surface area contributed by atoms with Crippen molar-refractivity contribution in [3.8, 4) is 0 Å². The molecule has 0 heterocycles. The first-order valence-corrected chi connectivity index (χ1v) is 5.33. The summed E-state index contributed by atoms with van der Waals surface area (Å²) in [5.74, 6) is -2.21. The van der Waals surface area contributed by atoms with Crippen molar-refractivity contribution in [3.63, 3.8) is 0 Å². The summed E-state index contributed by atoms with van der Waals surface area (Å²) in [7, 11) is 0. The fourth-order valence-electron chi connectivity index (χ4n) is 1.01. The quantitative estimate of drug-likeness (QED) is 0.867. The van der Waals surface area contributed by atoms with Crippen LogP contribution in [0.15, 0.2) is 22.7 Å². The molecule has 92 valence electrons. The molecule has 1 amide bonds. The molecule has 0 aliphatic carbocycles. The number of rotatable bonds is 5. The third-order valence-electron chi connectivity index (χ3n) is 1.66. The van der Waals surface area contributed by atoms with Crippen molar-refractivity contribution in [3.05, 3.63) is 28.5 Å². The maximum Gasteiger partial charge on any atom is 0.329 e. The Morgan fingerprint density at radius 2 is 2.12 bits per heavy atom. The molecule has 2 N–H and O–H groups in total. The molecule has 0 saturated heterocycles. The number of amides is 1. The molecule has 0 fully saturated rings. The van der Waals surface area contributed by atoms with Gasteiger partial charge in [-0.1, -0.05) is 0 Å². The van der Waals surface area contributed by atoms with Gasteiger partial charge in [-0.25, -0.2) is 9.18 Å². The van der Waals surface area contributed by atoms with Gasteiger partial charge in [0.1, 0.15) is 19.0 Å². The number of carboxylic acids is 1. The van der Waals surface area contributed by atoms with Crippen molar-refractivity contribution in [1.29, 1.82) is 0 Å². The molecule has 0 radical (unpaired) electrons. The summed E-state index contributed by atoms with van der Waals surface area (Å²) >= 11 is 3.13. The van der Waals surface area contributed by atoms with E-state index in [-0.39, 0.29) is 5.69 Å². The van der Waals surface area contributed by atoms with E-state index in [0.29, 0.717) is 4.47 Å². The number of hydrogen-bond donors (Lipinski definition) is 2. The molecule has 0 atom stereocenters. The minimum absolute atomic E-state index is 0.258. The summed E-state index contributed by atoms with van der Waals surface area (Å²) in [5.41, 5.74) is 0.258. The van der Waals surface area contributed by atoms with E-state index in [0.717, 1.165) is 6.07 Å². The minimum Gasteiger partial charge on any atom is -0.480 e. The van der Waals surface area contributed by atoms with Gasteiger partial charge in [-0.15, -0.1) is 0 Å². The summed E-state index contributed by atoms with van der Waals surface area (Å²) < 4.78 is 18.0. The van der Waals surface area contributed by atoms with Crippen molar-refractivity contribution >= 4 is 33.5 Å². The van der Waals surface area contributed by atoms with Crippen LogP contribution in [0.25, 0.3) is 0 Å². The zero-order valence-electron chi connectivity index (χ0n) is 8.57. The van der Waals surface area contributed by atoms with E-state index in [1.165, 1.54) is 12.1 Å². The highest BCUT2D eigenvalue weighted by atomic mass is 79.9. The molecule has 0 spiro atoms. The van der Waals surface area contributed by atoms with Crippen molar-refractivity contribution in [2.75, 3.05) is 18.5 Å². The summed E-state index contributed by atoms with van der Waals surface area (Å²) in [4.78, 5) is 21.4. The second kappa shape index (κ2) is 6.31. The van der Waals surface area contributed by atoms with E-state index in [9.17, 15) is 14.0 Å². The van der Waals surface area contributed by atoms with Crippen LogP contribution in [0.5, 0.6) is 0 Å². The second-order valence-electron chi connectivity index (χ2n) is 3.06. The predicted octanol–water partition coefficient (Wildman–Crippen LogP) is 1.63. The number of hydrogen-bond acceptors (Lipinski definition) is 3. The molecule has 5 nitrogen and oxygen atoms in total. The number of nitrogens with one attached hydrogen (secondary N) is 1. The maximum absolute atomic E-state index is 12.9. The Hall–Kier alpha value is -1.47. The molecular formula is C10H9BrFNO4. The molecule has 17 heavy (non-hydrogen) atoms. The number of ether oxygens (including phenoxy) is 1. The Morgan fingerprint density at radius 1 is 1.41 bits per heavy atom. The lowest BCUT2D eigenvalue weighted by molar-refractivity contribution is -0.143. The number of carboxylic acid groups (broad SMARTS) is 1. The van der Waals surface area contributed by atoms with E-state index < -0.39 is 30.9 Å². The average molecular weight is 306 g/mol. The van der Waals surface area contributed by atoms with E-state index in [1.807, 2.05) is 0 Å². The van der Waals surface area contributed by atoms with Crippen molar-refractivity contribution in [1.82, 2.24) is 0 Å². The maximum atomic E-state index is 12.9. The summed E-state index contributed by atoms with van der Waals surface area (Å²) in [6.45, 7) is -0.965. The van der Waals surface area contributed by atoms with E-state index in [2.05, 4.69) is 26.0 Å². The second-order valence-corrected chi connectivity index (χ2v) is 3.91. The fourth-order valence-corrected chi connectivity index (χ4v) is 1.36. The van der Waals surface area contributed by atoms with Crippen LogP contribution in [0, 0.1) is 5.82 Å². The molecule has 1 rings (SSSR count). The molecule has 0 saturated carbocycles. The molecule has 1 aromatic rings. The van der Waals surface area contributed by atoms with Crippen LogP contribution in [-0.4, -0.2) is 30.2 Å². The van der Waals surface area contributed by atoms with Crippen molar-refractivity contribution in [2.45, 2.75) is 0 Å². The van der Waals surface area contributed by atoms with Crippen LogP contribution < -0.4 is 5.32 Å². The highest BCUT2D eigenvalue weighted by Crippen LogP contribution is 2.22. The normalized spacial score (nSPS) is 10.0. The van der Waals surface area contributed by atoms with Crippen molar-refractivity contribution < 1.29 is 23.8 Å². The number of aliphatic carboxylic acids is 1. The lowest BCUT2D eigenvalue weighted by Crippen LogP contribution is -2.20. The lowest BCUT2D eigenvalue weighted by atomic mass is 10.3. The lowest BCUT2D eigenvalue weighted by Gasteiger charge is -2.07. The van der Waals surface area contributed by atoms with Crippen LogP contribution in [0.2, 0.25) is 0 Å². The largest absolute Gasteiger partial charge is 0.480 e. The fraction of sp³-hybridized carbons (Fsp3) is 0.200. The standard InChI is InChI=1S/C10H9BrFNO4/c11-7-2-1-6(12)3-8(7)13-9(14)4-17-5-10(15)16/h1-3H,4-5H2,(H,13,14)(H,15,16). The van der Waals surface area contributed by atoms with Gasteiger partial charge in [0.25, 0.3) is 0 Å². The van der Waals surface area contributed by atoms with Gasteiger partial charge in [0.15, 0.2) is 0 Å². The first kappa shape index (κ1) is 13.6. The van der Waals surface area contributed by atoms with Crippen molar-refractivity contribution in [2.24, 2.45) is 0 Å². The van der Waals surface area contributed by atoms with Crippen LogP contribution in [0.3, 0.4) is 0 Å². The SMILES string of the molecule is O=C(O)COCC(=O)Nc1cc(F)ccc1Br. The molecule has 0 aliphatic heterocycles. The molecule has 0 aliphatic rings. The first-order chi connectivity index (χ1) is 7.99. The van der Waals surface area contributed by atoms with Gasteiger partial charge in [0.2, 0.25) is 5.91 Å². The molecule has 0 unspecified atom stereocenters. The van der Waals surface area contributed by atoms with Crippen LogP contribution in [0.1, 0.15) is 0 Å². The average Bonchev–Trinajstić information content (AvgIpc) is 2.23. The smallest absolute Gasteiger partial charge is 0.329 e. The predicted molar refractivity (Wildman–Crippen MR) is 61.2 cm³/mol. The van der Waals surface area contributed by atoms with Gasteiger partial charge in [0, 0.05) is 4.47 Å². The Morgan fingerprint density at radius 3 is 2.76 bits per heavy atom. The van der Waals surface area contributed by atoms with Gasteiger partial charge in [0.05, 0.1) is 5.69 Å². The van der Waals surface area contributed by atoms with Gasteiger partial charge >= 0.3 is 5.97 Å². The third-order valence-corrected chi connectivity index (χ3v) is 2.35. The highest BCUT2D eigenvalue weighted by Gasteiger charge is 2.07. The number of halogens is 2. The van der Waals surface area contributed by atoms with E-state index >= 15 is 0 Å². The number of anilines is 1. The number of carbonyl (C=O) groups excluding carboxylic acids is 1. The van der Waals surface area contributed by atoms with Gasteiger partial charge in [-0.3, -0.25) is 4.79 Å². The summed E-state index contributed by atoms with van der Waals surface area (Å²) in [5, 5.41) is 10.7. The highest BCUT2D eigenvalue weighted by molar-refractivity contribution is 9.10. The monoisotopic (exact) mass is 305 g/mol. The van der Waals surface area contributed by atoms with E-state index in [1.54, 1.807) is 0 Å². The molecule has 1 aromatic carbocycles. The molecule has 7 heteroatoms. The molecule has 0 bridgehead atoms. The third kappa shape index (κ3) is 4.92. The Labute approximate surface area is 105 Å².